The predicted octanol–water partition coefficient (Wildman–Crippen LogP) is 21.7. The number of methoxy groups -OCH3 is 2. The van der Waals surface area contributed by atoms with Gasteiger partial charge in [0.15, 0.2) is 46.5 Å². The van der Waals surface area contributed by atoms with Crippen molar-refractivity contribution in [1.29, 1.82) is 0 Å². The van der Waals surface area contributed by atoms with Gasteiger partial charge in [0.2, 0.25) is 21.3 Å². The van der Waals surface area contributed by atoms with Crippen molar-refractivity contribution in [2.75, 3.05) is 20.0 Å². The van der Waals surface area contributed by atoms with E-state index in [9.17, 15) is 105 Å². The van der Waals surface area contributed by atoms with Gasteiger partial charge >= 0.3 is 18.3 Å². The molecule has 0 heterocycles. The summed E-state index contributed by atoms with van der Waals surface area (Å²) in [6.07, 6.45) is -9.38. The Morgan fingerprint density at radius 1 is 0.404 bits per heavy atom. The number of Topliss-reactive ketones (excluding diaryl/α,β-unsaturated/α-hetero) is 1. The van der Waals surface area contributed by atoms with E-state index in [1.54, 1.807) is 63.2 Å². The molecule has 0 amide bonds. The van der Waals surface area contributed by atoms with Gasteiger partial charge in [0.05, 0.1) is 22.4 Å². The summed E-state index contributed by atoms with van der Waals surface area (Å²) in [5.74, 6) is -13.1. The van der Waals surface area contributed by atoms with Crippen LogP contribution in [0.15, 0.2) is 187 Å². The largest absolute Gasteiger partial charge is 0.430 e. The summed E-state index contributed by atoms with van der Waals surface area (Å²) in [6.45, 7) is 11.5. The number of aryl methyl sites for hydroxylation is 2. The molecule has 0 bridgehead atoms. The van der Waals surface area contributed by atoms with Crippen LogP contribution in [0.4, 0.5) is 57.1 Å². The van der Waals surface area contributed by atoms with E-state index in [2.05, 4.69) is 9.47 Å². The molecule has 588 valence electrons. The smallest absolute Gasteiger partial charge is 0.426 e. The van der Waals surface area contributed by atoms with Gasteiger partial charge in [-0.3, -0.25) is 47.9 Å². The van der Waals surface area contributed by atoms with E-state index in [1.807, 2.05) is 68.4 Å². The van der Waals surface area contributed by atoms with Crippen LogP contribution in [0.2, 0.25) is 0 Å². The standard InChI is InChI=1S/C11H11F3O2.C10H8ClF3O2.C10H11ClO.C9H7ClO3.C8H7ClOS.C7HClF4O.C7H2ClF3O.C7H5ClO.C5H9ClO/c1-8(15)10(16-2,11(12,13)14)9-6-4-3-5-7-9;1-16-9(8(11)15,10(12,13)14)7-5-3-2-4-6-7;1-7-3-4-9(5-8(7)2)6-10(11)12;1-6(11)13-8-5-3-2-4-7(8)9(10)12;9-8(10)6-11-7-4-2-1-3-5-7;8-7(13)2-1-3(9)5(11)6(12)4(2)10;8-7(12)3-1-2-4(9)6(11)5(3)10;8-7(9)6-4-2-1-3-5-6;1-5(2,3)4(6)7/h3-7H,1-2H3;2-6H,1H3;3-5H,6H2,1-2H3;2-5H,1H3;1-5H,6H2;1H;1-2H;1-5H;1-3H3/t10-;9-;;;;;;;/m11......./s1. The number of ether oxygens (including phenoxy) is 3. The second kappa shape index (κ2) is 48.6. The molecule has 0 fully saturated rings. The van der Waals surface area contributed by atoms with Gasteiger partial charge in [0.25, 0.3) is 31.8 Å². The number of ketones is 1. The minimum atomic E-state index is -4.91. The number of carbonyl (C=O) groups is 10. The Labute approximate surface area is 660 Å². The highest BCUT2D eigenvalue weighted by molar-refractivity contribution is 8.00. The predicted molar refractivity (Wildman–Crippen MR) is 390 cm³/mol. The third-order valence-electron chi connectivity index (χ3n) is 13.1. The van der Waals surface area contributed by atoms with Crippen LogP contribution in [0.3, 0.4) is 0 Å². The number of para-hydroxylation sites is 1. The lowest BCUT2D eigenvalue weighted by molar-refractivity contribution is -0.263. The SMILES string of the molecule is CC(=O)Oc1ccccc1C(=O)Cl.CC(C)(C)C(=O)Cl.CO[C@@](C(=O)Cl)(c1ccccc1)C(F)(F)F.CO[C@](C(C)=O)(c1ccccc1)C(F)(F)F.Cc1ccc(CC(=O)Cl)cc1C.O=C(Cl)CSc1ccccc1.O=C(Cl)c1cc(F)c(F)c(F)c1F.O=C(Cl)c1ccc(F)c(F)c1F.O=C(Cl)c1ccccc1. The summed E-state index contributed by atoms with van der Waals surface area (Å²) in [7, 11) is 1.67. The van der Waals surface area contributed by atoms with E-state index >= 15 is 0 Å². The Morgan fingerprint density at radius 2 is 0.807 bits per heavy atom. The third-order valence-corrected chi connectivity index (χ3v) is 16.2. The number of thioether (sulfide) groups is 1. The molecule has 0 saturated heterocycles. The van der Waals surface area contributed by atoms with Gasteiger partial charge < -0.3 is 14.2 Å². The fourth-order valence-corrected chi connectivity index (χ4v) is 9.37. The van der Waals surface area contributed by atoms with Crippen molar-refractivity contribution in [2.24, 2.45) is 5.41 Å². The maximum absolute atomic E-state index is 13.0. The van der Waals surface area contributed by atoms with Crippen molar-refractivity contribution in [3.05, 3.63) is 273 Å². The molecule has 0 aliphatic heterocycles. The minimum absolute atomic E-state index is 0.190. The lowest BCUT2D eigenvalue weighted by Crippen LogP contribution is -2.49. The van der Waals surface area contributed by atoms with Crippen molar-refractivity contribution in [1.82, 2.24) is 0 Å². The van der Waals surface area contributed by atoms with Crippen molar-refractivity contribution in [3.8, 4) is 5.75 Å². The molecule has 0 aliphatic rings. The second-order valence-electron chi connectivity index (χ2n) is 21.9. The molecule has 8 rings (SSSR count). The average molecular weight is 1720 g/mol. The molecule has 0 N–H and O–H groups in total. The number of halogens is 21. The molecule has 8 aromatic rings. The number of carbonyl (C=O) groups excluding carboxylic acids is 10. The number of alkyl halides is 6. The Hall–Kier alpha value is -8.06. The first-order chi connectivity index (χ1) is 50.4. The molecule has 0 radical (unpaired) electrons. The molecule has 0 unspecified atom stereocenters. The first-order valence-electron chi connectivity index (χ1n) is 29.9. The lowest BCUT2D eigenvalue weighted by Gasteiger charge is -2.32. The fraction of sp³-hybridized carbons (Fsp3) is 0.216. The maximum atomic E-state index is 13.0. The van der Waals surface area contributed by atoms with Crippen LogP contribution in [0.5, 0.6) is 5.75 Å². The van der Waals surface area contributed by atoms with E-state index in [4.69, 9.17) is 97.5 Å². The van der Waals surface area contributed by atoms with Crippen molar-refractivity contribution in [2.45, 2.75) is 83.3 Å². The normalized spacial score (nSPS) is 11.5. The number of hydrogen-bond acceptors (Lipinski definition) is 14. The zero-order valence-corrected chi connectivity index (χ0v) is 64.8. The number of rotatable bonds is 16. The first-order valence-corrected chi connectivity index (χ1v) is 33.9. The van der Waals surface area contributed by atoms with Crippen molar-refractivity contribution < 1.29 is 119 Å². The Morgan fingerprint density at radius 3 is 1.17 bits per heavy atom. The summed E-state index contributed by atoms with van der Waals surface area (Å²) < 4.78 is 178. The summed E-state index contributed by atoms with van der Waals surface area (Å²) >= 11 is 42.1. The topological polar surface area (TPSA) is 198 Å². The van der Waals surface area contributed by atoms with Gasteiger partial charge in [-0.05, 0) is 173 Å². The molecule has 109 heavy (non-hydrogen) atoms. The van der Waals surface area contributed by atoms with E-state index in [-0.39, 0.29) is 49.6 Å². The molecule has 0 spiro atoms. The molecule has 0 aromatic heterocycles. The monoisotopic (exact) mass is 1720 g/mol. The van der Waals surface area contributed by atoms with Crippen molar-refractivity contribution >= 4 is 158 Å². The average Bonchev–Trinajstić information content (AvgIpc) is 0.757. The maximum Gasteiger partial charge on any atom is 0.430 e. The van der Waals surface area contributed by atoms with Gasteiger partial charge in [-0.15, -0.1) is 11.8 Å². The zero-order chi connectivity index (χ0) is 84.1. The van der Waals surface area contributed by atoms with Crippen LogP contribution in [0, 0.1) is 60.0 Å². The second-order valence-corrected chi connectivity index (χ2v) is 25.8. The Bertz CT molecular complexity index is 4300. The highest BCUT2D eigenvalue weighted by Gasteiger charge is 2.62. The molecule has 8 aromatic carbocycles. The van der Waals surface area contributed by atoms with Crippen LogP contribution >= 0.6 is 105 Å². The highest BCUT2D eigenvalue weighted by atomic mass is 35.5. The van der Waals surface area contributed by atoms with Crippen LogP contribution in [0.1, 0.15) is 104 Å². The summed E-state index contributed by atoms with van der Waals surface area (Å²) in [4.78, 5) is 107. The number of benzene rings is 8. The first kappa shape index (κ1) is 101. The summed E-state index contributed by atoms with van der Waals surface area (Å²) in [5.41, 5.74) is -4.44. The molecular weight excluding hydrogens is 1660 g/mol. The van der Waals surface area contributed by atoms with Gasteiger partial charge in [-0.25, -0.2) is 30.7 Å². The van der Waals surface area contributed by atoms with E-state index < -0.39 is 113 Å². The molecule has 0 aliphatic carbocycles. The van der Waals surface area contributed by atoms with Gasteiger partial charge in [0, 0.05) is 54.6 Å². The van der Waals surface area contributed by atoms with Crippen LogP contribution in [-0.4, -0.2) is 86.0 Å². The fourth-order valence-electron chi connectivity index (χ4n) is 7.56. The van der Waals surface area contributed by atoms with Crippen LogP contribution < -0.4 is 4.74 Å². The highest BCUT2D eigenvalue weighted by Crippen LogP contribution is 2.44. The molecule has 2 atom stereocenters. The molecule has 0 saturated carbocycles. The Kier molecular flexibility index (Phi) is 45.0. The summed E-state index contributed by atoms with van der Waals surface area (Å²) in [5, 5.41) is -6.12. The van der Waals surface area contributed by atoms with Crippen LogP contribution in [-0.2, 0) is 55.9 Å². The number of hydrogen-bond donors (Lipinski definition) is 0. The van der Waals surface area contributed by atoms with Gasteiger partial charge in [-0.2, -0.15) is 26.3 Å². The number of esters is 1. The van der Waals surface area contributed by atoms with E-state index in [1.165, 1.54) is 84.4 Å². The van der Waals surface area contributed by atoms with E-state index in [0.29, 0.717) is 23.8 Å². The molecule has 35 heteroatoms. The third kappa shape index (κ3) is 34.0. The summed E-state index contributed by atoms with van der Waals surface area (Å²) in [6, 6.07) is 45.7. The lowest BCUT2D eigenvalue weighted by atomic mass is 9.89. The van der Waals surface area contributed by atoms with Crippen LogP contribution in [0.25, 0.3) is 0 Å². The quantitative estimate of drug-likeness (QED) is 0.0168. The van der Waals surface area contributed by atoms with Crippen molar-refractivity contribution in [3.63, 3.8) is 0 Å². The zero-order valence-electron chi connectivity index (χ0n) is 57.9. The molecular formula is C74H61Cl8F13O13S. The van der Waals surface area contributed by atoms with E-state index in [0.717, 1.165) is 49.8 Å². The minimum Gasteiger partial charge on any atom is -0.426 e. The van der Waals surface area contributed by atoms with Gasteiger partial charge in [0.1, 0.15) is 5.75 Å². The Balaban J connectivity index is 0.00000121. The molecule has 13 nitrogen and oxygen atoms in total. The van der Waals surface area contributed by atoms with Gasteiger partial charge in [-0.1, -0.05) is 160 Å².